The van der Waals surface area contributed by atoms with E-state index < -0.39 is 24.2 Å². The van der Waals surface area contributed by atoms with Crippen molar-refractivity contribution >= 4 is 5.97 Å². The highest BCUT2D eigenvalue weighted by Crippen LogP contribution is 2.25. The van der Waals surface area contributed by atoms with Gasteiger partial charge >= 0.3 is 12.1 Å². The van der Waals surface area contributed by atoms with Gasteiger partial charge in [-0.2, -0.15) is 13.2 Å². The first-order chi connectivity index (χ1) is 8.83. The Balaban J connectivity index is 2.78. The van der Waals surface area contributed by atoms with Crippen molar-refractivity contribution in [2.45, 2.75) is 37.9 Å². The van der Waals surface area contributed by atoms with E-state index in [-0.39, 0.29) is 0 Å². The topological polar surface area (TPSA) is 41.6 Å². The fourth-order valence-corrected chi connectivity index (χ4v) is 2.42. The summed E-state index contributed by atoms with van der Waals surface area (Å²) in [6.45, 7) is 3.04. The van der Waals surface area contributed by atoms with Gasteiger partial charge in [0.2, 0.25) is 0 Å². The van der Waals surface area contributed by atoms with Crippen LogP contribution in [0.25, 0.3) is 0 Å². The van der Waals surface area contributed by atoms with Gasteiger partial charge in [0.1, 0.15) is 5.54 Å². The van der Waals surface area contributed by atoms with Crippen molar-refractivity contribution in [1.29, 1.82) is 0 Å². The van der Waals surface area contributed by atoms with Crippen molar-refractivity contribution in [2.75, 3.05) is 33.3 Å². The maximum Gasteiger partial charge on any atom is 0.401 e. The van der Waals surface area contributed by atoms with E-state index in [9.17, 15) is 18.0 Å². The molecule has 19 heavy (non-hydrogen) atoms. The average Bonchev–Trinajstić information content (AvgIpc) is 2.57. The lowest BCUT2D eigenvalue weighted by Gasteiger charge is -2.31. The van der Waals surface area contributed by atoms with Gasteiger partial charge in [-0.15, -0.1) is 0 Å². The minimum atomic E-state index is -4.34. The van der Waals surface area contributed by atoms with Crippen LogP contribution in [-0.2, 0) is 9.53 Å². The average molecular weight is 282 g/mol. The molecule has 0 spiro atoms. The van der Waals surface area contributed by atoms with Gasteiger partial charge in [0.15, 0.2) is 0 Å². The van der Waals surface area contributed by atoms with Crippen LogP contribution < -0.4 is 5.32 Å². The Morgan fingerprint density at radius 1 is 1.37 bits per heavy atom. The van der Waals surface area contributed by atoms with Crippen LogP contribution in [0.5, 0.6) is 0 Å². The smallest absolute Gasteiger partial charge is 0.401 e. The molecule has 1 aliphatic heterocycles. The lowest BCUT2D eigenvalue weighted by atomic mass is 9.90. The van der Waals surface area contributed by atoms with E-state index in [0.29, 0.717) is 25.8 Å². The first kappa shape index (κ1) is 16.2. The van der Waals surface area contributed by atoms with Gasteiger partial charge in [-0.25, -0.2) is 0 Å². The zero-order valence-corrected chi connectivity index (χ0v) is 11.3. The van der Waals surface area contributed by atoms with Gasteiger partial charge < -0.3 is 9.64 Å². The quantitative estimate of drug-likeness (QED) is 0.795. The summed E-state index contributed by atoms with van der Waals surface area (Å²) in [4.78, 5) is 14.0. The second-order valence-electron chi connectivity index (χ2n) is 4.83. The summed E-state index contributed by atoms with van der Waals surface area (Å²) in [6, 6.07) is 0. The van der Waals surface area contributed by atoms with E-state index >= 15 is 0 Å². The van der Waals surface area contributed by atoms with Crippen molar-refractivity contribution in [3.05, 3.63) is 0 Å². The van der Waals surface area contributed by atoms with Crippen LogP contribution in [0, 0.1) is 0 Å². The number of carbonyl (C=O) groups excluding carboxylic acids is 1. The highest BCUT2D eigenvalue weighted by atomic mass is 19.4. The predicted octanol–water partition coefficient (Wildman–Crippen LogP) is 1.56. The number of hydrogen-bond donors (Lipinski definition) is 1. The number of esters is 1. The van der Waals surface area contributed by atoms with E-state index in [0.717, 1.165) is 13.1 Å². The number of alkyl halides is 3. The normalized spacial score (nSPS) is 25.9. The molecule has 4 nitrogen and oxygen atoms in total. The Morgan fingerprint density at radius 3 is 2.58 bits per heavy atom. The molecule has 1 atom stereocenters. The minimum Gasteiger partial charge on any atom is -0.468 e. The van der Waals surface area contributed by atoms with Gasteiger partial charge in [-0.05, 0) is 32.4 Å². The lowest BCUT2D eigenvalue weighted by Crippen LogP contribution is -2.55. The third-order valence-electron chi connectivity index (χ3n) is 3.58. The molecule has 1 fully saturated rings. The maximum atomic E-state index is 12.4. The molecular weight excluding hydrogens is 261 g/mol. The zero-order valence-electron chi connectivity index (χ0n) is 11.3. The zero-order chi connectivity index (χ0) is 14.5. The third kappa shape index (κ3) is 4.65. The number of rotatable bonds is 4. The van der Waals surface area contributed by atoms with Crippen molar-refractivity contribution in [3.63, 3.8) is 0 Å². The van der Waals surface area contributed by atoms with Crippen LogP contribution in [0.15, 0.2) is 0 Å². The summed E-state index contributed by atoms with van der Waals surface area (Å²) in [7, 11) is 1.21. The maximum absolute atomic E-state index is 12.4. The number of nitrogens with zero attached hydrogens (tertiary/aromatic N) is 1. The molecule has 1 heterocycles. The molecule has 112 valence electrons. The molecule has 1 unspecified atom stereocenters. The van der Waals surface area contributed by atoms with Crippen LogP contribution >= 0.6 is 0 Å². The molecule has 1 N–H and O–H groups in total. The van der Waals surface area contributed by atoms with Gasteiger partial charge in [0.05, 0.1) is 13.7 Å². The largest absolute Gasteiger partial charge is 0.468 e. The molecule has 0 saturated carbocycles. The van der Waals surface area contributed by atoms with E-state index in [2.05, 4.69) is 10.2 Å². The summed E-state index contributed by atoms with van der Waals surface area (Å²) < 4.78 is 41.8. The third-order valence-corrected chi connectivity index (χ3v) is 3.58. The minimum absolute atomic E-state index is 0.337. The van der Waals surface area contributed by atoms with E-state index in [1.807, 2.05) is 6.92 Å². The number of hydrogen-bond acceptors (Lipinski definition) is 4. The number of nitrogens with one attached hydrogen (secondary N) is 1. The number of likely N-dealkylation sites (tertiary alicyclic amines) is 1. The van der Waals surface area contributed by atoms with E-state index in [4.69, 9.17) is 4.74 Å². The van der Waals surface area contributed by atoms with Gasteiger partial charge in [0, 0.05) is 6.54 Å². The number of ether oxygens (including phenoxy) is 1. The Hall–Kier alpha value is -0.820. The SMILES string of the molecule is CCN1CCCC(NCC(F)(F)F)(C(=O)OC)CC1. The molecule has 0 aromatic heterocycles. The second kappa shape index (κ2) is 6.56. The molecule has 1 saturated heterocycles. The molecule has 1 aliphatic rings. The number of halogens is 3. The molecule has 0 aliphatic carbocycles. The summed E-state index contributed by atoms with van der Waals surface area (Å²) in [6.07, 6.45) is -2.96. The summed E-state index contributed by atoms with van der Waals surface area (Å²) in [5.41, 5.74) is -1.21. The van der Waals surface area contributed by atoms with Crippen molar-refractivity contribution < 1.29 is 22.7 Å². The molecule has 0 bridgehead atoms. The Kier molecular flexibility index (Phi) is 5.61. The Bertz CT molecular complexity index is 310. The molecule has 0 aromatic rings. The first-order valence-corrected chi connectivity index (χ1v) is 6.45. The van der Waals surface area contributed by atoms with Crippen LogP contribution in [0.3, 0.4) is 0 Å². The van der Waals surface area contributed by atoms with Crippen molar-refractivity contribution in [2.24, 2.45) is 0 Å². The van der Waals surface area contributed by atoms with Gasteiger partial charge in [0.25, 0.3) is 0 Å². The number of carbonyl (C=O) groups is 1. The fraction of sp³-hybridized carbons (Fsp3) is 0.917. The summed E-state index contributed by atoms with van der Waals surface area (Å²) in [5.74, 6) is -0.602. The molecular formula is C12H21F3N2O2. The fourth-order valence-electron chi connectivity index (χ4n) is 2.42. The van der Waals surface area contributed by atoms with E-state index in [1.165, 1.54) is 7.11 Å². The molecule has 7 heteroatoms. The molecule has 0 radical (unpaired) electrons. The van der Waals surface area contributed by atoms with Crippen LogP contribution in [-0.4, -0.2) is 55.9 Å². The first-order valence-electron chi connectivity index (χ1n) is 6.45. The second-order valence-corrected chi connectivity index (χ2v) is 4.83. The van der Waals surface area contributed by atoms with Crippen molar-refractivity contribution in [3.8, 4) is 0 Å². The van der Waals surface area contributed by atoms with Gasteiger partial charge in [-0.3, -0.25) is 10.1 Å². The highest BCUT2D eigenvalue weighted by molar-refractivity contribution is 5.80. The van der Waals surface area contributed by atoms with E-state index in [1.54, 1.807) is 0 Å². The Labute approximate surface area is 111 Å². The van der Waals surface area contributed by atoms with Crippen LogP contribution in [0.1, 0.15) is 26.2 Å². The summed E-state index contributed by atoms with van der Waals surface area (Å²) in [5, 5.41) is 2.38. The standard InChI is InChI=1S/C12H21F3N2O2/c1-3-17-7-4-5-11(6-8-17,10(18)19-2)16-9-12(13,14)15/h16H,3-9H2,1-2H3. The summed E-state index contributed by atoms with van der Waals surface area (Å²) >= 11 is 0. The molecule has 0 aromatic carbocycles. The molecule has 0 amide bonds. The number of methoxy groups -OCH3 is 1. The molecule has 1 rings (SSSR count). The monoisotopic (exact) mass is 282 g/mol. The Morgan fingerprint density at radius 2 is 2.05 bits per heavy atom. The lowest BCUT2D eigenvalue weighted by molar-refractivity contribution is -0.154. The van der Waals surface area contributed by atoms with Gasteiger partial charge in [-0.1, -0.05) is 6.92 Å². The predicted molar refractivity (Wildman–Crippen MR) is 64.8 cm³/mol. The highest BCUT2D eigenvalue weighted by Gasteiger charge is 2.43. The van der Waals surface area contributed by atoms with Crippen LogP contribution in [0.4, 0.5) is 13.2 Å². The van der Waals surface area contributed by atoms with Crippen LogP contribution in [0.2, 0.25) is 0 Å². The van der Waals surface area contributed by atoms with Crippen molar-refractivity contribution in [1.82, 2.24) is 10.2 Å².